The molecule has 1 atom stereocenters. The van der Waals surface area contributed by atoms with Gasteiger partial charge in [-0.1, -0.05) is 30.3 Å². The number of amides is 1. The lowest BCUT2D eigenvalue weighted by molar-refractivity contribution is -0.130. The van der Waals surface area contributed by atoms with E-state index in [4.69, 9.17) is 9.47 Å². The van der Waals surface area contributed by atoms with Crippen molar-refractivity contribution >= 4 is 11.6 Å². The third-order valence-corrected chi connectivity index (χ3v) is 6.65. The summed E-state index contributed by atoms with van der Waals surface area (Å²) in [6.45, 7) is 8.00. The fraction of sp³-hybridized carbons (Fsp3) is 0.519. The predicted octanol–water partition coefficient (Wildman–Crippen LogP) is 5.03. The van der Waals surface area contributed by atoms with Gasteiger partial charge in [-0.25, -0.2) is 0 Å². The molecule has 0 N–H and O–H groups in total. The molecule has 0 aliphatic carbocycles. The van der Waals surface area contributed by atoms with Gasteiger partial charge in [-0.15, -0.1) is 0 Å². The van der Waals surface area contributed by atoms with E-state index in [1.54, 1.807) is 14.0 Å². The topological polar surface area (TPSA) is 42.0 Å². The van der Waals surface area contributed by atoms with E-state index in [0.29, 0.717) is 19.7 Å². The second-order valence-corrected chi connectivity index (χ2v) is 9.77. The number of methoxy groups -OCH3 is 1. The van der Waals surface area contributed by atoms with Gasteiger partial charge in [0.05, 0.1) is 12.7 Å². The molecule has 0 aromatic heterocycles. The lowest BCUT2D eigenvalue weighted by Crippen LogP contribution is -2.46. The molecule has 32 heavy (non-hydrogen) atoms. The molecule has 2 aromatic rings. The Morgan fingerprint density at radius 1 is 1.09 bits per heavy atom. The molecule has 0 radical (unpaired) electrons. The first-order valence-corrected chi connectivity index (χ1v) is 11.4. The average Bonchev–Trinajstić information content (AvgIpc) is 2.76. The highest BCUT2D eigenvalue weighted by molar-refractivity contribution is 5.73. The number of rotatable bonds is 8. The number of benzene rings is 2. The summed E-state index contributed by atoms with van der Waals surface area (Å²) >= 11 is 0. The van der Waals surface area contributed by atoms with Crippen LogP contribution in [0, 0.1) is 0 Å². The Labute approximate surface area is 193 Å². The zero-order valence-electron chi connectivity index (χ0n) is 20.5. The molecule has 5 nitrogen and oxygen atoms in total. The van der Waals surface area contributed by atoms with Crippen LogP contribution in [0.4, 0.5) is 5.69 Å². The van der Waals surface area contributed by atoms with E-state index in [1.807, 2.05) is 31.1 Å². The zero-order chi connectivity index (χ0) is 23.4. The molecule has 0 saturated carbocycles. The maximum atomic E-state index is 12.6. The van der Waals surface area contributed by atoms with Gasteiger partial charge in [0.25, 0.3) is 0 Å². The lowest BCUT2D eigenvalue weighted by Gasteiger charge is -2.46. The van der Waals surface area contributed by atoms with Gasteiger partial charge in [0.1, 0.15) is 5.75 Å². The number of carbonyl (C=O) groups excluding carboxylic acids is 1. The Kier molecular flexibility index (Phi) is 7.50. The number of hydrogen-bond donors (Lipinski definition) is 0. The summed E-state index contributed by atoms with van der Waals surface area (Å²) in [6.07, 6.45) is 2.68. The molecule has 174 valence electrons. The van der Waals surface area contributed by atoms with E-state index < -0.39 is 0 Å². The second-order valence-electron chi connectivity index (χ2n) is 9.77. The van der Waals surface area contributed by atoms with E-state index in [9.17, 15) is 4.79 Å². The molecule has 5 heteroatoms. The van der Waals surface area contributed by atoms with Crippen LogP contribution in [0.3, 0.4) is 0 Å². The Hall–Kier alpha value is -2.53. The summed E-state index contributed by atoms with van der Waals surface area (Å²) in [7, 11) is 5.80. The van der Waals surface area contributed by atoms with Crippen molar-refractivity contribution in [3.63, 3.8) is 0 Å². The third kappa shape index (κ3) is 5.63. The first-order valence-electron chi connectivity index (χ1n) is 11.4. The highest BCUT2D eigenvalue weighted by atomic mass is 16.5. The van der Waals surface area contributed by atoms with Gasteiger partial charge in [-0.2, -0.15) is 0 Å². The molecule has 0 spiro atoms. The van der Waals surface area contributed by atoms with Crippen LogP contribution < -0.4 is 9.64 Å². The van der Waals surface area contributed by atoms with Gasteiger partial charge >= 0.3 is 0 Å². The van der Waals surface area contributed by atoms with E-state index in [1.165, 1.54) is 5.56 Å². The largest absolute Gasteiger partial charge is 0.496 e. The van der Waals surface area contributed by atoms with Crippen molar-refractivity contribution in [2.45, 2.75) is 57.6 Å². The van der Waals surface area contributed by atoms with Crippen molar-refractivity contribution in [1.29, 1.82) is 0 Å². The molecule has 1 aliphatic rings. The SMILES string of the molecule is COc1ccccc1[C@]1(CCN(Cc2ccc(N(C)C)cc2)C(C)=O)CCOC(C)(C)C1. The number of hydrogen-bond acceptors (Lipinski definition) is 4. The molecule has 1 aliphatic heterocycles. The van der Waals surface area contributed by atoms with Gasteiger partial charge in [0, 0.05) is 57.4 Å². The van der Waals surface area contributed by atoms with Crippen molar-refractivity contribution < 1.29 is 14.3 Å². The quantitative estimate of drug-likeness (QED) is 0.580. The number of anilines is 1. The summed E-state index contributed by atoms with van der Waals surface area (Å²) in [6, 6.07) is 16.7. The summed E-state index contributed by atoms with van der Waals surface area (Å²) < 4.78 is 11.8. The Morgan fingerprint density at radius 3 is 2.38 bits per heavy atom. The smallest absolute Gasteiger partial charge is 0.219 e. The van der Waals surface area contributed by atoms with Crippen LogP contribution in [-0.2, 0) is 21.5 Å². The molecule has 0 unspecified atom stereocenters. The summed E-state index contributed by atoms with van der Waals surface area (Å²) in [4.78, 5) is 16.6. The van der Waals surface area contributed by atoms with Crippen molar-refractivity contribution in [1.82, 2.24) is 4.90 Å². The third-order valence-electron chi connectivity index (χ3n) is 6.65. The van der Waals surface area contributed by atoms with Gasteiger partial charge in [0.2, 0.25) is 5.91 Å². The number of ether oxygens (including phenoxy) is 2. The van der Waals surface area contributed by atoms with Crippen molar-refractivity contribution in [2.24, 2.45) is 0 Å². The Bertz CT molecular complexity index is 907. The first-order chi connectivity index (χ1) is 15.2. The van der Waals surface area contributed by atoms with Gasteiger partial charge in [-0.3, -0.25) is 4.79 Å². The summed E-state index contributed by atoms with van der Waals surface area (Å²) in [5.74, 6) is 1.02. The van der Waals surface area contributed by atoms with Crippen LogP contribution in [0.25, 0.3) is 0 Å². The fourth-order valence-corrected chi connectivity index (χ4v) is 4.95. The first kappa shape index (κ1) is 24.1. The molecule has 1 saturated heterocycles. The molecular weight excluding hydrogens is 400 g/mol. The highest BCUT2D eigenvalue weighted by Gasteiger charge is 2.43. The van der Waals surface area contributed by atoms with Gasteiger partial charge in [0.15, 0.2) is 0 Å². The molecule has 0 bridgehead atoms. The minimum absolute atomic E-state index is 0.100. The van der Waals surface area contributed by atoms with Crippen LogP contribution in [-0.4, -0.2) is 50.8 Å². The predicted molar refractivity (Wildman–Crippen MR) is 130 cm³/mol. The van der Waals surface area contributed by atoms with E-state index in [0.717, 1.165) is 36.3 Å². The molecular formula is C27H38N2O3. The fourth-order valence-electron chi connectivity index (χ4n) is 4.95. The van der Waals surface area contributed by atoms with Gasteiger partial charge in [-0.05, 0) is 56.9 Å². The second kappa shape index (κ2) is 9.95. The Balaban J connectivity index is 1.84. The van der Waals surface area contributed by atoms with Crippen LogP contribution in [0.5, 0.6) is 5.75 Å². The van der Waals surface area contributed by atoms with Crippen LogP contribution in [0.15, 0.2) is 48.5 Å². The number of para-hydroxylation sites is 1. The summed E-state index contributed by atoms with van der Waals surface area (Å²) in [5, 5.41) is 0. The van der Waals surface area contributed by atoms with Crippen LogP contribution in [0.2, 0.25) is 0 Å². The zero-order valence-corrected chi connectivity index (χ0v) is 20.5. The highest BCUT2D eigenvalue weighted by Crippen LogP contribution is 2.47. The minimum atomic E-state index is -0.220. The maximum absolute atomic E-state index is 12.6. The molecule has 3 rings (SSSR count). The number of carbonyl (C=O) groups is 1. The van der Waals surface area contributed by atoms with Crippen LogP contribution in [0.1, 0.15) is 51.2 Å². The van der Waals surface area contributed by atoms with Crippen molar-refractivity contribution in [3.8, 4) is 5.75 Å². The Morgan fingerprint density at radius 2 is 1.78 bits per heavy atom. The summed E-state index contributed by atoms with van der Waals surface area (Å²) in [5.41, 5.74) is 3.20. The van der Waals surface area contributed by atoms with Gasteiger partial charge < -0.3 is 19.3 Å². The van der Waals surface area contributed by atoms with E-state index in [-0.39, 0.29) is 16.9 Å². The molecule has 2 aromatic carbocycles. The van der Waals surface area contributed by atoms with Crippen LogP contribution >= 0.6 is 0 Å². The average molecular weight is 439 g/mol. The normalized spacial score (nSPS) is 19.9. The lowest BCUT2D eigenvalue weighted by atomic mass is 9.67. The van der Waals surface area contributed by atoms with Crippen molar-refractivity contribution in [3.05, 3.63) is 59.7 Å². The number of nitrogens with zero attached hydrogens (tertiary/aromatic N) is 2. The molecule has 1 amide bonds. The molecule has 1 fully saturated rings. The van der Waals surface area contributed by atoms with E-state index >= 15 is 0 Å². The maximum Gasteiger partial charge on any atom is 0.219 e. The standard InChI is InChI=1S/C27H38N2O3/c1-21(30)29(19-22-11-13-23(14-12-22)28(4)5)17-15-27(16-18-32-26(2,3)20-27)24-9-7-8-10-25(24)31-6/h7-14H,15-20H2,1-6H3/t27-/m1/s1. The molecule has 1 heterocycles. The van der Waals surface area contributed by atoms with E-state index in [2.05, 4.69) is 55.1 Å². The van der Waals surface area contributed by atoms with Crippen molar-refractivity contribution in [2.75, 3.05) is 39.3 Å². The minimum Gasteiger partial charge on any atom is -0.496 e. The monoisotopic (exact) mass is 438 g/mol.